The molecule has 6 heteroatoms. The summed E-state index contributed by atoms with van der Waals surface area (Å²) in [5, 5.41) is 0. The fraction of sp³-hybridized carbons (Fsp3) is 0.333. The molecule has 0 aliphatic rings. The van der Waals surface area contributed by atoms with Gasteiger partial charge in [0, 0.05) is 12.6 Å². The molecule has 2 aromatic rings. The van der Waals surface area contributed by atoms with Crippen molar-refractivity contribution in [2.45, 2.75) is 25.7 Å². The van der Waals surface area contributed by atoms with Crippen LogP contribution in [-0.2, 0) is 10.0 Å². The Morgan fingerprint density at radius 3 is 2.25 bits per heavy atom. The van der Waals surface area contributed by atoms with Gasteiger partial charge in [-0.2, -0.15) is 0 Å². The first-order valence-corrected chi connectivity index (χ1v) is 9.16. The molecule has 0 saturated heterocycles. The Hall–Kier alpha value is -2.05. The van der Waals surface area contributed by atoms with E-state index in [2.05, 4.69) is 4.72 Å². The number of benzene rings is 2. The van der Waals surface area contributed by atoms with Crippen LogP contribution in [-0.4, -0.2) is 28.7 Å². The number of hydrogen-bond donors (Lipinski definition) is 1. The van der Waals surface area contributed by atoms with E-state index in [0.717, 1.165) is 16.7 Å². The number of hydrogen-bond acceptors (Lipinski definition) is 4. The highest BCUT2D eigenvalue weighted by molar-refractivity contribution is 7.89. The molecule has 2 aromatic carbocycles. The Balaban J connectivity index is 1.98. The van der Waals surface area contributed by atoms with E-state index in [4.69, 9.17) is 9.47 Å². The predicted octanol–water partition coefficient (Wildman–Crippen LogP) is 2.98. The van der Waals surface area contributed by atoms with E-state index in [1.54, 1.807) is 33.1 Å². The van der Waals surface area contributed by atoms with Gasteiger partial charge in [-0.1, -0.05) is 23.8 Å². The van der Waals surface area contributed by atoms with Gasteiger partial charge in [-0.25, -0.2) is 13.1 Å². The van der Waals surface area contributed by atoms with E-state index >= 15 is 0 Å². The summed E-state index contributed by atoms with van der Waals surface area (Å²) in [5.41, 5.74) is 2.53. The molecule has 0 heterocycles. The van der Waals surface area contributed by atoms with Crippen molar-refractivity contribution in [1.29, 1.82) is 0 Å². The standard InChI is InChI=1S/C18H23NO4S/c1-13-10-14(2)18(15(3)11-13)24(20,21)19-8-9-23-17-7-5-6-16(12-17)22-4/h5-7,10-12,19H,8-9H2,1-4H3. The lowest BCUT2D eigenvalue weighted by Gasteiger charge is -2.13. The third kappa shape index (κ3) is 4.49. The summed E-state index contributed by atoms with van der Waals surface area (Å²) in [6, 6.07) is 10.9. The lowest BCUT2D eigenvalue weighted by molar-refractivity contribution is 0.320. The molecule has 0 spiro atoms. The van der Waals surface area contributed by atoms with Crippen molar-refractivity contribution in [3.63, 3.8) is 0 Å². The highest BCUT2D eigenvalue weighted by Gasteiger charge is 2.19. The average Bonchev–Trinajstić information content (AvgIpc) is 2.50. The van der Waals surface area contributed by atoms with E-state index < -0.39 is 10.0 Å². The maximum atomic E-state index is 12.5. The van der Waals surface area contributed by atoms with Gasteiger partial charge in [-0.15, -0.1) is 0 Å². The zero-order valence-electron chi connectivity index (χ0n) is 14.4. The Morgan fingerprint density at radius 2 is 1.62 bits per heavy atom. The van der Waals surface area contributed by atoms with Crippen LogP contribution in [0.4, 0.5) is 0 Å². The molecule has 5 nitrogen and oxygen atoms in total. The van der Waals surface area contributed by atoms with Gasteiger partial charge in [0.15, 0.2) is 0 Å². The molecule has 0 aliphatic carbocycles. The normalized spacial score (nSPS) is 11.3. The summed E-state index contributed by atoms with van der Waals surface area (Å²) < 4.78 is 38.3. The first-order chi connectivity index (χ1) is 11.3. The van der Waals surface area contributed by atoms with Crippen LogP contribution < -0.4 is 14.2 Å². The van der Waals surface area contributed by atoms with Crippen LogP contribution in [0.3, 0.4) is 0 Å². The molecule has 0 fully saturated rings. The average molecular weight is 349 g/mol. The van der Waals surface area contributed by atoms with Gasteiger partial charge in [-0.05, 0) is 44.0 Å². The molecule has 0 atom stereocenters. The number of ether oxygens (including phenoxy) is 2. The van der Waals surface area contributed by atoms with Crippen LogP contribution in [0.25, 0.3) is 0 Å². The summed E-state index contributed by atoms with van der Waals surface area (Å²) in [5.74, 6) is 1.33. The van der Waals surface area contributed by atoms with Gasteiger partial charge < -0.3 is 9.47 Å². The van der Waals surface area contributed by atoms with Gasteiger partial charge >= 0.3 is 0 Å². The first-order valence-electron chi connectivity index (χ1n) is 7.68. The molecule has 0 aromatic heterocycles. The largest absolute Gasteiger partial charge is 0.497 e. The van der Waals surface area contributed by atoms with Crippen molar-refractivity contribution in [2.75, 3.05) is 20.3 Å². The topological polar surface area (TPSA) is 64.6 Å². The fourth-order valence-corrected chi connectivity index (χ4v) is 4.16. The fourth-order valence-electron chi connectivity index (χ4n) is 2.70. The second kappa shape index (κ2) is 7.68. The van der Waals surface area contributed by atoms with Gasteiger partial charge in [-0.3, -0.25) is 0 Å². The molecule has 0 bridgehead atoms. The molecule has 130 valence electrons. The zero-order chi connectivity index (χ0) is 17.7. The second-order valence-corrected chi connectivity index (χ2v) is 7.36. The van der Waals surface area contributed by atoms with Crippen LogP contribution in [0.1, 0.15) is 16.7 Å². The summed E-state index contributed by atoms with van der Waals surface area (Å²) >= 11 is 0. The molecular weight excluding hydrogens is 326 g/mol. The Labute approximate surface area is 143 Å². The van der Waals surface area contributed by atoms with Crippen molar-refractivity contribution >= 4 is 10.0 Å². The number of sulfonamides is 1. The van der Waals surface area contributed by atoms with E-state index in [-0.39, 0.29) is 13.2 Å². The van der Waals surface area contributed by atoms with Crippen molar-refractivity contribution in [1.82, 2.24) is 4.72 Å². The van der Waals surface area contributed by atoms with E-state index in [0.29, 0.717) is 16.4 Å². The van der Waals surface area contributed by atoms with E-state index in [9.17, 15) is 8.42 Å². The second-order valence-electron chi connectivity index (χ2n) is 5.65. The summed E-state index contributed by atoms with van der Waals surface area (Å²) in [6.07, 6.45) is 0. The molecule has 1 N–H and O–H groups in total. The minimum atomic E-state index is -3.56. The quantitative estimate of drug-likeness (QED) is 0.781. The number of nitrogens with one attached hydrogen (secondary N) is 1. The minimum absolute atomic E-state index is 0.187. The highest BCUT2D eigenvalue weighted by Crippen LogP contribution is 2.21. The maximum Gasteiger partial charge on any atom is 0.241 e. The number of methoxy groups -OCH3 is 1. The maximum absolute atomic E-state index is 12.5. The Morgan fingerprint density at radius 1 is 1.00 bits per heavy atom. The predicted molar refractivity (Wildman–Crippen MR) is 94.3 cm³/mol. The third-order valence-electron chi connectivity index (χ3n) is 3.58. The molecule has 0 aliphatic heterocycles. The van der Waals surface area contributed by atoms with Gasteiger partial charge in [0.25, 0.3) is 0 Å². The van der Waals surface area contributed by atoms with Crippen molar-refractivity contribution in [3.05, 3.63) is 53.1 Å². The van der Waals surface area contributed by atoms with Gasteiger partial charge in [0.2, 0.25) is 10.0 Å². The smallest absolute Gasteiger partial charge is 0.241 e. The summed E-state index contributed by atoms with van der Waals surface area (Å²) in [6.45, 7) is 5.98. The molecule has 0 radical (unpaired) electrons. The third-order valence-corrected chi connectivity index (χ3v) is 5.34. The zero-order valence-corrected chi connectivity index (χ0v) is 15.2. The number of aryl methyl sites for hydroxylation is 3. The lowest BCUT2D eigenvalue weighted by Crippen LogP contribution is -2.29. The van der Waals surface area contributed by atoms with Crippen LogP contribution in [0.15, 0.2) is 41.3 Å². The van der Waals surface area contributed by atoms with Crippen molar-refractivity contribution in [2.24, 2.45) is 0 Å². The monoisotopic (exact) mass is 349 g/mol. The SMILES string of the molecule is COc1cccc(OCCNS(=O)(=O)c2c(C)cc(C)cc2C)c1. The Kier molecular flexibility index (Phi) is 5.85. The summed E-state index contributed by atoms with van der Waals surface area (Å²) in [4.78, 5) is 0.342. The van der Waals surface area contributed by atoms with Crippen LogP contribution >= 0.6 is 0 Å². The van der Waals surface area contributed by atoms with E-state index in [1.807, 2.05) is 31.2 Å². The van der Waals surface area contributed by atoms with Crippen LogP contribution in [0.2, 0.25) is 0 Å². The molecule has 0 amide bonds. The van der Waals surface area contributed by atoms with Crippen molar-refractivity contribution in [3.8, 4) is 11.5 Å². The van der Waals surface area contributed by atoms with Gasteiger partial charge in [0.05, 0.1) is 12.0 Å². The molecule has 24 heavy (non-hydrogen) atoms. The van der Waals surface area contributed by atoms with Crippen molar-refractivity contribution < 1.29 is 17.9 Å². The van der Waals surface area contributed by atoms with Crippen LogP contribution in [0, 0.1) is 20.8 Å². The molecule has 0 saturated carbocycles. The molecular formula is C18H23NO4S. The van der Waals surface area contributed by atoms with E-state index in [1.165, 1.54) is 0 Å². The summed E-state index contributed by atoms with van der Waals surface area (Å²) in [7, 11) is -1.98. The van der Waals surface area contributed by atoms with Crippen LogP contribution in [0.5, 0.6) is 11.5 Å². The molecule has 2 rings (SSSR count). The highest BCUT2D eigenvalue weighted by atomic mass is 32.2. The first kappa shape index (κ1) is 18.3. The number of rotatable bonds is 7. The Bertz CT molecular complexity index is 793. The van der Waals surface area contributed by atoms with Gasteiger partial charge in [0.1, 0.15) is 18.1 Å². The lowest BCUT2D eigenvalue weighted by atomic mass is 10.1. The minimum Gasteiger partial charge on any atom is -0.497 e. The molecule has 0 unspecified atom stereocenters.